The van der Waals surface area contributed by atoms with E-state index in [1.807, 2.05) is 13.8 Å². The standard InChI is InChI=1S/C22H45NO4Si.ClH/c1-7-8-9-10-11-12-13-14-15-17-20(22(2,3)21(23)24)18-16-19-28(25-4,26-5)27-6;/h10-11,20H,7-9,12-19H2,1-6H3,(H2,23,24);1H. The number of carbonyl (C=O) groups excluding carboxylic acids is 1. The highest BCUT2D eigenvalue weighted by molar-refractivity contribution is 6.60. The highest BCUT2D eigenvalue weighted by Crippen LogP contribution is 2.35. The first-order valence-corrected chi connectivity index (χ1v) is 12.8. The number of hydrogen-bond donors (Lipinski definition) is 1. The van der Waals surface area contributed by atoms with Gasteiger partial charge in [-0.1, -0.05) is 58.6 Å². The molecule has 7 heteroatoms. The zero-order chi connectivity index (χ0) is 21.5. The molecule has 1 atom stereocenters. The van der Waals surface area contributed by atoms with Crippen LogP contribution in [0.4, 0.5) is 0 Å². The van der Waals surface area contributed by atoms with Gasteiger partial charge in [0.05, 0.1) is 0 Å². The molecule has 0 radical (unpaired) electrons. The van der Waals surface area contributed by atoms with E-state index in [0.29, 0.717) is 0 Å². The second-order valence-corrected chi connectivity index (χ2v) is 11.3. The van der Waals surface area contributed by atoms with E-state index in [0.717, 1.165) is 38.1 Å². The third kappa shape index (κ3) is 12.1. The molecule has 0 aliphatic rings. The van der Waals surface area contributed by atoms with Gasteiger partial charge >= 0.3 is 8.80 Å². The van der Waals surface area contributed by atoms with E-state index in [2.05, 4.69) is 19.1 Å². The van der Waals surface area contributed by atoms with Crippen LogP contribution in [0.5, 0.6) is 0 Å². The summed E-state index contributed by atoms with van der Waals surface area (Å²) < 4.78 is 16.5. The highest BCUT2D eigenvalue weighted by atomic mass is 35.5. The molecule has 1 unspecified atom stereocenters. The first-order valence-electron chi connectivity index (χ1n) is 10.9. The van der Waals surface area contributed by atoms with Gasteiger partial charge in [0.15, 0.2) is 0 Å². The Balaban J connectivity index is 0. The average Bonchev–Trinajstić information content (AvgIpc) is 2.68. The lowest BCUT2D eigenvalue weighted by Crippen LogP contribution is -2.43. The van der Waals surface area contributed by atoms with Crippen molar-refractivity contribution >= 4 is 27.1 Å². The number of primary amides is 1. The van der Waals surface area contributed by atoms with E-state index in [1.54, 1.807) is 21.3 Å². The summed E-state index contributed by atoms with van der Waals surface area (Å²) in [5.41, 5.74) is 5.20. The van der Waals surface area contributed by atoms with Crippen LogP contribution in [0.3, 0.4) is 0 Å². The highest BCUT2D eigenvalue weighted by Gasteiger charge is 2.39. The predicted octanol–water partition coefficient (Wildman–Crippen LogP) is 5.89. The van der Waals surface area contributed by atoms with Crippen LogP contribution in [0.1, 0.15) is 85.0 Å². The molecule has 0 heterocycles. The minimum Gasteiger partial charge on any atom is -0.377 e. The maximum atomic E-state index is 12.0. The SMILES string of the molecule is CCCCC=CCCCCCC(CCC[Si](OC)(OC)OC)C(C)(C)C(N)=O.Cl. The number of rotatable bonds is 18. The molecular formula is C22H46ClNO4Si. The molecule has 0 aromatic heterocycles. The van der Waals surface area contributed by atoms with Gasteiger partial charge in [-0.2, -0.15) is 0 Å². The first-order chi connectivity index (χ1) is 13.3. The fraction of sp³-hybridized carbons (Fsp3) is 0.864. The van der Waals surface area contributed by atoms with Crippen LogP contribution in [0.15, 0.2) is 12.2 Å². The van der Waals surface area contributed by atoms with Gasteiger partial charge in [0.2, 0.25) is 5.91 Å². The van der Waals surface area contributed by atoms with Crippen LogP contribution in [0.25, 0.3) is 0 Å². The van der Waals surface area contributed by atoms with E-state index in [9.17, 15) is 4.79 Å². The van der Waals surface area contributed by atoms with Crippen LogP contribution in [-0.2, 0) is 18.1 Å². The molecule has 174 valence electrons. The van der Waals surface area contributed by atoms with E-state index < -0.39 is 14.2 Å². The maximum Gasteiger partial charge on any atom is 0.500 e. The smallest absolute Gasteiger partial charge is 0.377 e. The molecule has 29 heavy (non-hydrogen) atoms. The molecule has 0 spiro atoms. The lowest BCUT2D eigenvalue weighted by molar-refractivity contribution is -0.129. The Kier molecular flexibility index (Phi) is 18.4. The summed E-state index contributed by atoms with van der Waals surface area (Å²) in [5.74, 6) is 0.0486. The van der Waals surface area contributed by atoms with Crippen LogP contribution in [0, 0.1) is 11.3 Å². The number of carbonyl (C=O) groups is 1. The van der Waals surface area contributed by atoms with E-state index in [-0.39, 0.29) is 24.2 Å². The number of amides is 1. The topological polar surface area (TPSA) is 70.8 Å². The molecule has 0 aliphatic carbocycles. The quantitative estimate of drug-likeness (QED) is 0.160. The Hall–Kier alpha value is -0.403. The van der Waals surface area contributed by atoms with Gasteiger partial charge in [-0.05, 0) is 44.4 Å². The average molecular weight is 452 g/mol. The molecule has 0 aromatic rings. The van der Waals surface area contributed by atoms with Crippen molar-refractivity contribution in [3.05, 3.63) is 12.2 Å². The molecule has 2 N–H and O–H groups in total. The van der Waals surface area contributed by atoms with Crippen molar-refractivity contribution in [1.82, 2.24) is 0 Å². The molecular weight excluding hydrogens is 406 g/mol. The van der Waals surface area contributed by atoms with Crippen molar-refractivity contribution < 1.29 is 18.1 Å². The van der Waals surface area contributed by atoms with Gasteiger partial charge in [-0.15, -0.1) is 12.4 Å². The van der Waals surface area contributed by atoms with Gasteiger partial charge in [-0.3, -0.25) is 4.79 Å². The number of allylic oxidation sites excluding steroid dienone is 2. The summed E-state index contributed by atoms with van der Waals surface area (Å²) in [6, 6.07) is 0.754. The molecule has 5 nitrogen and oxygen atoms in total. The summed E-state index contributed by atoms with van der Waals surface area (Å²) >= 11 is 0. The summed E-state index contributed by atoms with van der Waals surface area (Å²) in [4.78, 5) is 12.0. The van der Waals surface area contributed by atoms with Gasteiger partial charge in [0.1, 0.15) is 0 Å². The van der Waals surface area contributed by atoms with Gasteiger partial charge in [0, 0.05) is 32.8 Å². The van der Waals surface area contributed by atoms with Crippen molar-refractivity contribution in [3.63, 3.8) is 0 Å². The van der Waals surface area contributed by atoms with Gasteiger partial charge in [-0.25, -0.2) is 0 Å². The van der Waals surface area contributed by atoms with E-state index in [4.69, 9.17) is 19.0 Å². The minimum atomic E-state index is -2.56. The molecule has 0 aromatic carbocycles. The summed E-state index contributed by atoms with van der Waals surface area (Å²) in [6.07, 6.45) is 15.9. The predicted molar refractivity (Wildman–Crippen MR) is 126 cm³/mol. The second kappa shape index (κ2) is 17.3. The monoisotopic (exact) mass is 451 g/mol. The van der Waals surface area contributed by atoms with Gasteiger partial charge < -0.3 is 19.0 Å². The second-order valence-electron chi connectivity index (χ2n) is 8.22. The molecule has 0 saturated heterocycles. The fourth-order valence-corrected chi connectivity index (χ4v) is 5.33. The zero-order valence-electron chi connectivity index (χ0n) is 19.6. The number of unbranched alkanes of at least 4 members (excludes halogenated alkanes) is 5. The summed E-state index contributed by atoms with van der Waals surface area (Å²) in [7, 11) is 2.36. The van der Waals surface area contributed by atoms with Crippen LogP contribution < -0.4 is 5.73 Å². The van der Waals surface area contributed by atoms with Crippen molar-refractivity contribution in [1.29, 1.82) is 0 Å². The normalized spacial score (nSPS) is 13.4. The van der Waals surface area contributed by atoms with Crippen molar-refractivity contribution in [2.75, 3.05) is 21.3 Å². The van der Waals surface area contributed by atoms with Crippen molar-refractivity contribution in [2.45, 2.75) is 91.0 Å². The first kappa shape index (κ1) is 30.8. The molecule has 0 rings (SSSR count). The molecule has 0 fully saturated rings. The Bertz CT molecular complexity index is 434. The van der Waals surface area contributed by atoms with Crippen LogP contribution in [-0.4, -0.2) is 36.0 Å². The third-order valence-corrected chi connectivity index (χ3v) is 8.77. The Morgan fingerprint density at radius 3 is 1.93 bits per heavy atom. The summed E-state index contributed by atoms with van der Waals surface area (Å²) in [6.45, 7) is 6.17. The Morgan fingerprint density at radius 1 is 0.931 bits per heavy atom. The molecule has 0 bridgehead atoms. The number of halogens is 1. The largest absolute Gasteiger partial charge is 0.500 e. The number of hydrogen-bond acceptors (Lipinski definition) is 4. The lowest BCUT2D eigenvalue weighted by atomic mass is 9.73. The zero-order valence-corrected chi connectivity index (χ0v) is 21.4. The fourth-order valence-electron chi connectivity index (χ4n) is 3.58. The van der Waals surface area contributed by atoms with Crippen molar-refractivity contribution in [2.24, 2.45) is 17.1 Å². The van der Waals surface area contributed by atoms with E-state index in [1.165, 1.54) is 32.1 Å². The third-order valence-electron chi connectivity index (χ3n) is 5.94. The summed E-state index contributed by atoms with van der Waals surface area (Å²) in [5, 5.41) is 0. The van der Waals surface area contributed by atoms with Crippen LogP contribution >= 0.6 is 12.4 Å². The Labute approximate surface area is 186 Å². The van der Waals surface area contributed by atoms with Gasteiger partial charge in [0.25, 0.3) is 0 Å². The molecule has 1 amide bonds. The lowest BCUT2D eigenvalue weighted by Gasteiger charge is -2.32. The van der Waals surface area contributed by atoms with E-state index >= 15 is 0 Å². The molecule has 0 saturated carbocycles. The minimum absolute atomic E-state index is 0. The maximum absolute atomic E-state index is 12.0. The Morgan fingerprint density at radius 2 is 1.45 bits per heavy atom. The number of nitrogens with two attached hydrogens (primary N) is 1. The van der Waals surface area contributed by atoms with Crippen molar-refractivity contribution in [3.8, 4) is 0 Å². The molecule has 0 aliphatic heterocycles. The van der Waals surface area contributed by atoms with Crippen LogP contribution in [0.2, 0.25) is 6.04 Å².